The number of carbonyl (C=O) groups excluding carboxylic acids is 1. The van der Waals surface area contributed by atoms with Crippen LogP contribution in [0.5, 0.6) is 0 Å². The van der Waals surface area contributed by atoms with E-state index in [9.17, 15) is 19.4 Å². The lowest BCUT2D eigenvalue weighted by atomic mass is 10.0. The highest BCUT2D eigenvalue weighted by Crippen LogP contribution is 2.43. The van der Waals surface area contributed by atoms with Gasteiger partial charge in [-0.3, -0.25) is 13.8 Å². The fourth-order valence-electron chi connectivity index (χ4n) is 6.28. The van der Waals surface area contributed by atoms with E-state index in [1.807, 2.05) is 0 Å². The molecule has 5 N–H and O–H groups in total. The third kappa shape index (κ3) is 40.2. The van der Waals surface area contributed by atoms with E-state index < -0.39 is 20.0 Å². The molecular formula is C46H85N2O6P. The molecule has 0 saturated carbocycles. The monoisotopic (exact) mass is 793 g/mol. The molecule has 1 amide bonds. The summed E-state index contributed by atoms with van der Waals surface area (Å²) in [5.74, 6) is -0.194. The van der Waals surface area contributed by atoms with Gasteiger partial charge in [0.1, 0.15) is 0 Å². The first-order valence-corrected chi connectivity index (χ1v) is 23.9. The molecule has 0 heterocycles. The lowest BCUT2D eigenvalue weighted by Gasteiger charge is -2.25. The first-order valence-electron chi connectivity index (χ1n) is 22.4. The van der Waals surface area contributed by atoms with Gasteiger partial charge < -0.3 is 21.1 Å². The standard InChI is InChI=1S/C46H85N2O6P/c1-3-5-7-9-11-13-15-17-19-21-22-24-26-28-30-32-34-36-38-40-46(50)48-44(43-54-55(51,52)53-42-41-47)45(49)39-37-35-33-31-29-27-25-23-20-18-16-14-12-10-8-6-4-2/h5,7,11,13,17,19,22,24,28,30,44-45,49H,3-4,6,8-10,12,14-16,18,20-21,23,25-27,29,31-43,47H2,1-2H3,(H,48,50)(H,51,52)/b7-5-,13-11-,19-17-,24-22-,30-28-. The van der Waals surface area contributed by atoms with Gasteiger partial charge in [-0.05, 0) is 57.8 Å². The van der Waals surface area contributed by atoms with Gasteiger partial charge in [0.2, 0.25) is 5.91 Å². The van der Waals surface area contributed by atoms with Gasteiger partial charge in [-0.1, -0.05) is 190 Å². The Bertz CT molecular complexity index is 1040. The summed E-state index contributed by atoms with van der Waals surface area (Å²) in [5.41, 5.74) is 5.38. The number of amides is 1. The van der Waals surface area contributed by atoms with Crippen LogP contribution < -0.4 is 11.1 Å². The molecule has 0 fully saturated rings. The highest BCUT2D eigenvalue weighted by molar-refractivity contribution is 7.47. The van der Waals surface area contributed by atoms with Crippen molar-refractivity contribution in [1.29, 1.82) is 0 Å². The van der Waals surface area contributed by atoms with E-state index in [1.54, 1.807) is 0 Å². The molecule has 320 valence electrons. The van der Waals surface area contributed by atoms with E-state index in [4.69, 9.17) is 14.8 Å². The maximum atomic E-state index is 12.8. The van der Waals surface area contributed by atoms with E-state index in [-0.39, 0.29) is 25.7 Å². The number of nitrogens with two attached hydrogens (primary N) is 1. The van der Waals surface area contributed by atoms with Crippen LogP contribution in [0.1, 0.15) is 194 Å². The molecule has 0 aromatic heterocycles. The molecule has 0 aliphatic rings. The number of nitrogens with one attached hydrogen (secondary N) is 1. The quantitative estimate of drug-likeness (QED) is 0.0275. The summed E-state index contributed by atoms with van der Waals surface area (Å²) in [7, 11) is -4.33. The number of unbranched alkanes of at least 4 members (excludes halogenated alkanes) is 19. The molecule has 0 aromatic rings. The fourth-order valence-corrected chi connectivity index (χ4v) is 7.04. The highest BCUT2D eigenvalue weighted by atomic mass is 31.2. The van der Waals surface area contributed by atoms with E-state index in [0.29, 0.717) is 12.8 Å². The Labute approximate surface area is 338 Å². The fraction of sp³-hybridized carbons (Fsp3) is 0.761. The SMILES string of the molecule is CC/C=C\C/C=C\C/C=C\C/C=C\C/C=C\CCCCCC(=O)NC(COP(=O)(O)OCCN)C(O)CCCCCCCCCCCCCCCCCCC. The number of aliphatic hydroxyl groups excluding tert-OH is 1. The summed E-state index contributed by atoms with van der Waals surface area (Å²) in [6, 6.07) is -0.795. The molecule has 0 aliphatic heterocycles. The van der Waals surface area contributed by atoms with Gasteiger partial charge >= 0.3 is 7.82 Å². The number of rotatable bonds is 41. The average molecular weight is 793 g/mol. The number of phosphoric ester groups is 1. The summed E-state index contributed by atoms with van der Waals surface area (Å²) in [6.45, 7) is 4.07. The molecule has 9 heteroatoms. The molecule has 3 unspecified atom stereocenters. The lowest BCUT2D eigenvalue weighted by molar-refractivity contribution is -0.123. The van der Waals surface area contributed by atoms with Gasteiger partial charge in [0, 0.05) is 13.0 Å². The van der Waals surface area contributed by atoms with Crippen molar-refractivity contribution in [2.75, 3.05) is 19.8 Å². The molecule has 55 heavy (non-hydrogen) atoms. The van der Waals surface area contributed by atoms with E-state index in [2.05, 4.69) is 79.9 Å². The number of allylic oxidation sites excluding steroid dienone is 10. The van der Waals surface area contributed by atoms with Crippen LogP contribution in [0, 0.1) is 0 Å². The number of hydrogen-bond donors (Lipinski definition) is 4. The van der Waals surface area contributed by atoms with Crippen molar-refractivity contribution in [1.82, 2.24) is 5.32 Å². The highest BCUT2D eigenvalue weighted by Gasteiger charge is 2.27. The molecular weight excluding hydrogens is 707 g/mol. The van der Waals surface area contributed by atoms with Crippen molar-refractivity contribution in [2.45, 2.75) is 206 Å². The van der Waals surface area contributed by atoms with Crippen molar-refractivity contribution < 1.29 is 28.4 Å². The van der Waals surface area contributed by atoms with Gasteiger partial charge in [0.15, 0.2) is 0 Å². The third-order valence-corrected chi connectivity index (χ3v) is 10.6. The molecule has 3 atom stereocenters. The summed E-state index contributed by atoms with van der Waals surface area (Å²) in [4.78, 5) is 22.7. The van der Waals surface area contributed by atoms with E-state index in [0.717, 1.165) is 77.0 Å². The van der Waals surface area contributed by atoms with Gasteiger partial charge in [-0.15, -0.1) is 0 Å². The van der Waals surface area contributed by atoms with Crippen LogP contribution >= 0.6 is 7.82 Å². The Kier molecular flexibility index (Phi) is 40.5. The zero-order chi connectivity index (χ0) is 40.3. The predicted molar refractivity (Wildman–Crippen MR) is 235 cm³/mol. The van der Waals surface area contributed by atoms with Crippen molar-refractivity contribution in [3.8, 4) is 0 Å². The second kappa shape index (κ2) is 41.8. The van der Waals surface area contributed by atoms with Crippen LogP contribution in [0.3, 0.4) is 0 Å². The summed E-state index contributed by atoms with van der Waals surface area (Å²) in [6.07, 6.45) is 52.3. The third-order valence-electron chi connectivity index (χ3n) is 9.64. The number of carbonyl (C=O) groups is 1. The molecule has 0 spiro atoms. The van der Waals surface area contributed by atoms with Crippen LogP contribution in [0.2, 0.25) is 0 Å². The molecule has 0 saturated heterocycles. The van der Waals surface area contributed by atoms with Gasteiger partial charge in [0.05, 0.1) is 25.4 Å². The van der Waals surface area contributed by atoms with Crippen molar-refractivity contribution in [3.05, 3.63) is 60.8 Å². The summed E-state index contributed by atoms with van der Waals surface area (Å²) in [5, 5.41) is 13.8. The summed E-state index contributed by atoms with van der Waals surface area (Å²) >= 11 is 0. The molecule has 8 nitrogen and oxygen atoms in total. The Hall–Kier alpha value is -1.80. The predicted octanol–water partition coefficient (Wildman–Crippen LogP) is 12.7. The zero-order valence-electron chi connectivity index (χ0n) is 35.4. The molecule has 0 bridgehead atoms. The Balaban J connectivity index is 4.23. The second-order valence-electron chi connectivity index (χ2n) is 14.9. The molecule has 0 radical (unpaired) electrons. The maximum absolute atomic E-state index is 12.8. The zero-order valence-corrected chi connectivity index (χ0v) is 36.3. The topological polar surface area (TPSA) is 131 Å². The first-order chi connectivity index (χ1) is 26.9. The van der Waals surface area contributed by atoms with Gasteiger partial charge in [0.25, 0.3) is 0 Å². The minimum Gasteiger partial charge on any atom is -0.391 e. The maximum Gasteiger partial charge on any atom is 0.472 e. The molecule has 0 aliphatic carbocycles. The largest absolute Gasteiger partial charge is 0.472 e. The lowest BCUT2D eigenvalue weighted by Crippen LogP contribution is -2.46. The van der Waals surface area contributed by atoms with Gasteiger partial charge in [-0.25, -0.2) is 4.57 Å². The van der Waals surface area contributed by atoms with Crippen molar-refractivity contribution >= 4 is 13.7 Å². The van der Waals surface area contributed by atoms with E-state index in [1.165, 1.54) is 89.9 Å². The minimum absolute atomic E-state index is 0.0804. The Morgan fingerprint density at radius 3 is 1.53 bits per heavy atom. The smallest absolute Gasteiger partial charge is 0.391 e. The van der Waals surface area contributed by atoms with E-state index >= 15 is 0 Å². The molecule has 0 rings (SSSR count). The van der Waals surface area contributed by atoms with Crippen LogP contribution in [-0.2, 0) is 18.4 Å². The van der Waals surface area contributed by atoms with Crippen LogP contribution in [-0.4, -0.2) is 47.8 Å². The van der Waals surface area contributed by atoms with Crippen LogP contribution in [0.4, 0.5) is 0 Å². The van der Waals surface area contributed by atoms with Crippen molar-refractivity contribution in [2.24, 2.45) is 5.73 Å². The number of phosphoric acid groups is 1. The first kappa shape index (κ1) is 53.2. The van der Waals surface area contributed by atoms with Gasteiger partial charge in [-0.2, -0.15) is 0 Å². The number of aliphatic hydroxyl groups is 1. The van der Waals surface area contributed by atoms with Crippen molar-refractivity contribution in [3.63, 3.8) is 0 Å². The summed E-state index contributed by atoms with van der Waals surface area (Å²) < 4.78 is 22.2. The second-order valence-corrected chi connectivity index (χ2v) is 16.3. The van der Waals surface area contributed by atoms with Crippen LogP contribution in [0.15, 0.2) is 60.8 Å². The minimum atomic E-state index is -4.33. The normalized spacial score (nSPS) is 14.6. The van der Waals surface area contributed by atoms with Crippen LogP contribution in [0.25, 0.3) is 0 Å². The molecule has 0 aromatic carbocycles. The Morgan fingerprint density at radius 1 is 0.618 bits per heavy atom. The number of hydrogen-bond acceptors (Lipinski definition) is 6. The average Bonchev–Trinajstić information content (AvgIpc) is 3.17. The Morgan fingerprint density at radius 2 is 1.05 bits per heavy atom.